The SMILES string of the molecule is CC(C)c1ncc(N(C)CCOCC2CC2)c(CCl)n1. The summed E-state index contributed by atoms with van der Waals surface area (Å²) in [5.74, 6) is 2.39. The lowest BCUT2D eigenvalue weighted by molar-refractivity contribution is 0.131. The van der Waals surface area contributed by atoms with E-state index < -0.39 is 0 Å². The van der Waals surface area contributed by atoms with Crippen molar-refractivity contribution in [2.75, 3.05) is 31.7 Å². The molecule has 0 N–H and O–H groups in total. The Morgan fingerprint density at radius 3 is 2.80 bits per heavy atom. The topological polar surface area (TPSA) is 38.2 Å². The molecule has 1 heterocycles. The van der Waals surface area contributed by atoms with E-state index in [9.17, 15) is 0 Å². The number of hydrogen-bond donors (Lipinski definition) is 0. The van der Waals surface area contributed by atoms with Crippen LogP contribution in [0.25, 0.3) is 0 Å². The molecule has 1 aliphatic rings. The van der Waals surface area contributed by atoms with E-state index in [-0.39, 0.29) is 0 Å². The molecule has 0 unspecified atom stereocenters. The van der Waals surface area contributed by atoms with Crippen molar-refractivity contribution >= 4 is 17.3 Å². The van der Waals surface area contributed by atoms with E-state index in [2.05, 4.69) is 28.7 Å². The van der Waals surface area contributed by atoms with E-state index in [4.69, 9.17) is 16.3 Å². The van der Waals surface area contributed by atoms with Gasteiger partial charge in [0.15, 0.2) is 0 Å². The molecule has 112 valence electrons. The van der Waals surface area contributed by atoms with Gasteiger partial charge in [0.05, 0.1) is 30.1 Å². The largest absolute Gasteiger partial charge is 0.379 e. The summed E-state index contributed by atoms with van der Waals surface area (Å²) >= 11 is 6.02. The Hall–Kier alpha value is -0.870. The smallest absolute Gasteiger partial charge is 0.131 e. The summed E-state index contributed by atoms with van der Waals surface area (Å²) in [5.41, 5.74) is 1.90. The third-order valence-electron chi connectivity index (χ3n) is 3.54. The Morgan fingerprint density at radius 2 is 2.20 bits per heavy atom. The molecule has 1 saturated carbocycles. The van der Waals surface area contributed by atoms with Gasteiger partial charge in [-0.05, 0) is 18.8 Å². The predicted octanol–water partition coefficient (Wildman–Crippen LogP) is 3.20. The lowest BCUT2D eigenvalue weighted by Gasteiger charge is -2.21. The Labute approximate surface area is 126 Å². The van der Waals surface area contributed by atoms with Crippen LogP contribution in [0.1, 0.15) is 44.1 Å². The molecule has 0 atom stereocenters. The van der Waals surface area contributed by atoms with Crippen molar-refractivity contribution in [1.82, 2.24) is 9.97 Å². The van der Waals surface area contributed by atoms with Gasteiger partial charge in [-0.15, -0.1) is 11.6 Å². The molecular formula is C15H24ClN3O. The third-order valence-corrected chi connectivity index (χ3v) is 3.79. The van der Waals surface area contributed by atoms with Crippen LogP contribution < -0.4 is 4.90 Å². The van der Waals surface area contributed by atoms with Crippen molar-refractivity contribution in [1.29, 1.82) is 0 Å². The third kappa shape index (κ3) is 4.32. The van der Waals surface area contributed by atoms with E-state index in [1.807, 2.05) is 13.2 Å². The number of aromatic nitrogens is 2. The van der Waals surface area contributed by atoms with E-state index >= 15 is 0 Å². The van der Waals surface area contributed by atoms with Gasteiger partial charge in [-0.3, -0.25) is 0 Å². The normalized spacial score (nSPS) is 14.8. The summed E-state index contributed by atoms with van der Waals surface area (Å²) in [7, 11) is 2.03. The Bertz CT molecular complexity index is 435. The van der Waals surface area contributed by atoms with Crippen LogP contribution in [0.4, 0.5) is 5.69 Å². The predicted molar refractivity (Wildman–Crippen MR) is 82.5 cm³/mol. The summed E-state index contributed by atoms with van der Waals surface area (Å²) < 4.78 is 5.67. The average molecular weight is 298 g/mol. The second kappa shape index (κ2) is 7.23. The molecule has 4 nitrogen and oxygen atoms in total. The van der Waals surface area contributed by atoms with Crippen molar-refractivity contribution in [3.8, 4) is 0 Å². The molecular weight excluding hydrogens is 274 g/mol. The van der Waals surface area contributed by atoms with Crippen LogP contribution in [0, 0.1) is 5.92 Å². The highest BCUT2D eigenvalue weighted by Gasteiger charge is 2.21. The minimum atomic E-state index is 0.318. The second-order valence-electron chi connectivity index (χ2n) is 5.79. The van der Waals surface area contributed by atoms with Gasteiger partial charge in [-0.2, -0.15) is 0 Å². The van der Waals surface area contributed by atoms with Crippen molar-refractivity contribution in [2.24, 2.45) is 5.92 Å². The molecule has 0 spiro atoms. The van der Waals surface area contributed by atoms with Gasteiger partial charge in [0.25, 0.3) is 0 Å². The molecule has 0 aromatic carbocycles. The molecule has 2 rings (SSSR count). The highest BCUT2D eigenvalue weighted by atomic mass is 35.5. The van der Waals surface area contributed by atoms with Gasteiger partial charge in [0.2, 0.25) is 0 Å². The summed E-state index contributed by atoms with van der Waals surface area (Å²) in [6.07, 6.45) is 4.54. The van der Waals surface area contributed by atoms with E-state index in [0.29, 0.717) is 11.8 Å². The first kappa shape index (κ1) is 15.5. The number of likely N-dealkylation sites (N-methyl/N-ethyl adjacent to an activating group) is 1. The Morgan fingerprint density at radius 1 is 1.45 bits per heavy atom. The molecule has 20 heavy (non-hydrogen) atoms. The highest BCUT2D eigenvalue weighted by molar-refractivity contribution is 6.17. The molecule has 1 fully saturated rings. The van der Waals surface area contributed by atoms with Gasteiger partial charge < -0.3 is 9.64 Å². The minimum Gasteiger partial charge on any atom is -0.379 e. The maximum Gasteiger partial charge on any atom is 0.131 e. The quantitative estimate of drug-likeness (QED) is 0.545. The van der Waals surface area contributed by atoms with Crippen LogP contribution in [0.3, 0.4) is 0 Å². The zero-order chi connectivity index (χ0) is 14.5. The van der Waals surface area contributed by atoms with E-state index in [1.165, 1.54) is 12.8 Å². The maximum absolute atomic E-state index is 6.02. The zero-order valence-corrected chi connectivity index (χ0v) is 13.4. The van der Waals surface area contributed by atoms with Gasteiger partial charge in [0.1, 0.15) is 5.82 Å². The number of ether oxygens (including phenoxy) is 1. The first-order valence-electron chi connectivity index (χ1n) is 7.32. The van der Waals surface area contributed by atoms with Gasteiger partial charge >= 0.3 is 0 Å². The second-order valence-corrected chi connectivity index (χ2v) is 6.06. The standard InChI is InChI=1S/C15H24ClN3O/c1-11(2)15-17-9-14(13(8-16)18-15)19(3)6-7-20-10-12-4-5-12/h9,11-12H,4-8,10H2,1-3H3. The number of hydrogen-bond acceptors (Lipinski definition) is 4. The molecule has 5 heteroatoms. The number of nitrogens with zero attached hydrogens (tertiary/aromatic N) is 3. The fourth-order valence-electron chi connectivity index (χ4n) is 1.98. The van der Waals surface area contributed by atoms with Crippen LogP contribution in [0.5, 0.6) is 0 Å². The number of rotatable bonds is 8. The fourth-order valence-corrected chi connectivity index (χ4v) is 2.17. The molecule has 0 bridgehead atoms. The minimum absolute atomic E-state index is 0.318. The van der Waals surface area contributed by atoms with Crippen LogP contribution in [0.2, 0.25) is 0 Å². The molecule has 1 aromatic heterocycles. The first-order valence-corrected chi connectivity index (χ1v) is 7.86. The number of halogens is 1. The van der Waals surface area contributed by atoms with E-state index in [0.717, 1.165) is 42.9 Å². The average Bonchev–Trinajstić information content (AvgIpc) is 3.26. The van der Waals surface area contributed by atoms with Crippen LogP contribution >= 0.6 is 11.6 Å². The van der Waals surface area contributed by atoms with Crippen LogP contribution in [-0.2, 0) is 10.6 Å². The molecule has 1 aromatic rings. The molecule has 0 radical (unpaired) electrons. The van der Waals surface area contributed by atoms with E-state index in [1.54, 1.807) is 0 Å². The zero-order valence-electron chi connectivity index (χ0n) is 12.6. The highest BCUT2D eigenvalue weighted by Crippen LogP contribution is 2.28. The monoisotopic (exact) mass is 297 g/mol. The summed E-state index contributed by atoms with van der Waals surface area (Å²) in [6.45, 7) is 6.64. The maximum atomic E-state index is 6.02. The van der Waals surface area contributed by atoms with Crippen LogP contribution in [-0.4, -0.2) is 36.8 Å². The fraction of sp³-hybridized carbons (Fsp3) is 0.733. The van der Waals surface area contributed by atoms with Crippen molar-refractivity contribution in [3.63, 3.8) is 0 Å². The van der Waals surface area contributed by atoms with Crippen molar-refractivity contribution in [3.05, 3.63) is 17.7 Å². The Balaban J connectivity index is 1.91. The number of alkyl halides is 1. The summed E-state index contributed by atoms with van der Waals surface area (Å²) in [6, 6.07) is 0. The molecule has 0 aliphatic heterocycles. The van der Waals surface area contributed by atoms with Gasteiger partial charge in [-0.1, -0.05) is 13.8 Å². The number of anilines is 1. The van der Waals surface area contributed by atoms with Crippen molar-refractivity contribution in [2.45, 2.75) is 38.5 Å². The Kier molecular flexibility index (Phi) is 5.61. The molecule has 1 aliphatic carbocycles. The molecule has 0 saturated heterocycles. The van der Waals surface area contributed by atoms with Gasteiger partial charge in [-0.25, -0.2) is 9.97 Å². The van der Waals surface area contributed by atoms with Crippen molar-refractivity contribution < 1.29 is 4.74 Å². The summed E-state index contributed by atoms with van der Waals surface area (Å²) in [4.78, 5) is 11.1. The molecule has 0 amide bonds. The lowest BCUT2D eigenvalue weighted by Crippen LogP contribution is -2.25. The summed E-state index contributed by atoms with van der Waals surface area (Å²) in [5, 5.41) is 0. The van der Waals surface area contributed by atoms with Gasteiger partial charge in [0, 0.05) is 26.1 Å². The lowest BCUT2D eigenvalue weighted by atomic mass is 10.2. The first-order chi connectivity index (χ1) is 9.61. The van der Waals surface area contributed by atoms with Crippen LogP contribution in [0.15, 0.2) is 6.20 Å².